The average Bonchev–Trinajstić information content (AvgIpc) is 2.64. The van der Waals surface area contributed by atoms with Gasteiger partial charge in [-0.15, -0.1) is 0 Å². The first-order chi connectivity index (χ1) is 9.61. The quantitative estimate of drug-likeness (QED) is 0.518. The number of nitriles is 1. The van der Waals surface area contributed by atoms with Crippen LogP contribution in [0, 0.1) is 21.4 Å². The summed E-state index contributed by atoms with van der Waals surface area (Å²) in [5, 5.41) is 19.8. The van der Waals surface area contributed by atoms with Crippen LogP contribution in [-0.2, 0) is 0 Å². The molecule has 0 aliphatic heterocycles. The number of ether oxygens (including phenoxy) is 1. The lowest BCUT2D eigenvalue weighted by atomic mass is 10.1. The molecule has 1 fully saturated rings. The smallest absolute Gasteiger partial charge is 0.290 e. The highest BCUT2D eigenvalue weighted by molar-refractivity contribution is 5.52. The van der Waals surface area contributed by atoms with Gasteiger partial charge in [0.15, 0.2) is 0 Å². The van der Waals surface area contributed by atoms with Crippen LogP contribution in [0.5, 0.6) is 5.75 Å². The molecule has 1 aromatic rings. The standard InChI is InChI=1S/C14H17N3O3/c15-9-10-6-7-11(8-13(10)17(18)19)20-14-5-3-1-2-4-12(14)16/h6-8,12,14H,1-5,16H2. The van der Waals surface area contributed by atoms with E-state index in [1.54, 1.807) is 12.1 Å². The molecule has 0 saturated heterocycles. The SMILES string of the molecule is N#Cc1ccc(OC2CCCCCC2N)cc1[N+](=O)[O-]. The van der Waals surface area contributed by atoms with Gasteiger partial charge in [-0.25, -0.2) is 0 Å². The maximum Gasteiger partial charge on any atom is 0.290 e. The van der Waals surface area contributed by atoms with Crippen molar-refractivity contribution in [3.05, 3.63) is 33.9 Å². The number of nitrogens with two attached hydrogens (primary N) is 1. The van der Waals surface area contributed by atoms with Gasteiger partial charge in [-0.3, -0.25) is 10.1 Å². The summed E-state index contributed by atoms with van der Waals surface area (Å²) in [4.78, 5) is 10.3. The van der Waals surface area contributed by atoms with Gasteiger partial charge < -0.3 is 10.5 Å². The summed E-state index contributed by atoms with van der Waals surface area (Å²) in [5.74, 6) is 0.401. The van der Waals surface area contributed by atoms with Crippen LogP contribution in [-0.4, -0.2) is 17.1 Å². The van der Waals surface area contributed by atoms with E-state index >= 15 is 0 Å². The van der Waals surface area contributed by atoms with Crippen LogP contribution in [0.25, 0.3) is 0 Å². The van der Waals surface area contributed by atoms with Crippen molar-refractivity contribution < 1.29 is 9.66 Å². The summed E-state index contributed by atoms with van der Waals surface area (Å²) in [5.41, 5.74) is 5.87. The normalized spacial score (nSPS) is 22.6. The summed E-state index contributed by atoms with van der Waals surface area (Å²) < 4.78 is 5.80. The summed E-state index contributed by atoms with van der Waals surface area (Å²) in [7, 11) is 0. The molecule has 1 aliphatic carbocycles. The van der Waals surface area contributed by atoms with E-state index in [4.69, 9.17) is 15.7 Å². The highest BCUT2D eigenvalue weighted by atomic mass is 16.6. The molecule has 106 valence electrons. The van der Waals surface area contributed by atoms with Gasteiger partial charge in [-0.1, -0.05) is 12.8 Å². The van der Waals surface area contributed by atoms with Crippen molar-refractivity contribution in [2.75, 3.05) is 0 Å². The van der Waals surface area contributed by atoms with Crippen molar-refractivity contribution in [2.45, 2.75) is 44.2 Å². The number of nitro benzene ring substituents is 1. The molecule has 20 heavy (non-hydrogen) atoms. The molecule has 0 heterocycles. The molecular weight excluding hydrogens is 258 g/mol. The highest BCUT2D eigenvalue weighted by Crippen LogP contribution is 2.27. The van der Waals surface area contributed by atoms with Gasteiger partial charge in [-0.05, 0) is 31.4 Å². The topological polar surface area (TPSA) is 102 Å². The van der Waals surface area contributed by atoms with Gasteiger partial charge in [-0.2, -0.15) is 5.26 Å². The van der Waals surface area contributed by atoms with Crippen molar-refractivity contribution in [3.8, 4) is 11.8 Å². The molecule has 1 aliphatic rings. The largest absolute Gasteiger partial charge is 0.489 e. The van der Waals surface area contributed by atoms with Gasteiger partial charge in [0, 0.05) is 6.04 Å². The number of benzene rings is 1. The number of nitro groups is 1. The molecule has 2 rings (SSSR count). The Labute approximate surface area is 117 Å². The Bertz CT molecular complexity index is 539. The monoisotopic (exact) mass is 275 g/mol. The Morgan fingerprint density at radius 2 is 2.10 bits per heavy atom. The Hall–Kier alpha value is -2.13. The summed E-state index contributed by atoms with van der Waals surface area (Å²) in [6.45, 7) is 0. The third-order valence-corrected chi connectivity index (χ3v) is 3.58. The van der Waals surface area contributed by atoms with E-state index in [-0.39, 0.29) is 23.4 Å². The molecule has 2 unspecified atom stereocenters. The van der Waals surface area contributed by atoms with E-state index in [1.807, 2.05) is 0 Å². The van der Waals surface area contributed by atoms with Crippen LogP contribution in [0.3, 0.4) is 0 Å². The molecule has 1 saturated carbocycles. The van der Waals surface area contributed by atoms with Gasteiger partial charge >= 0.3 is 0 Å². The van der Waals surface area contributed by atoms with E-state index < -0.39 is 4.92 Å². The number of rotatable bonds is 3. The fourth-order valence-electron chi connectivity index (χ4n) is 2.45. The highest BCUT2D eigenvalue weighted by Gasteiger charge is 2.23. The zero-order valence-electron chi connectivity index (χ0n) is 11.1. The molecule has 0 aromatic heterocycles. The molecule has 6 heteroatoms. The number of hydrogen-bond acceptors (Lipinski definition) is 5. The third kappa shape index (κ3) is 3.25. The molecule has 2 atom stereocenters. The minimum absolute atomic E-state index is 0.0347. The predicted molar refractivity (Wildman–Crippen MR) is 73.3 cm³/mol. The molecule has 0 bridgehead atoms. The van der Waals surface area contributed by atoms with Gasteiger partial charge in [0.25, 0.3) is 5.69 Å². The van der Waals surface area contributed by atoms with Crippen molar-refractivity contribution in [1.82, 2.24) is 0 Å². The fourth-order valence-corrected chi connectivity index (χ4v) is 2.45. The van der Waals surface area contributed by atoms with Gasteiger partial charge in [0.05, 0.1) is 11.0 Å². The summed E-state index contributed by atoms with van der Waals surface area (Å²) >= 11 is 0. The first-order valence-electron chi connectivity index (χ1n) is 6.72. The number of nitrogens with zero attached hydrogens (tertiary/aromatic N) is 2. The van der Waals surface area contributed by atoms with E-state index in [0.29, 0.717) is 5.75 Å². The summed E-state index contributed by atoms with van der Waals surface area (Å²) in [6, 6.07) is 6.06. The second-order valence-electron chi connectivity index (χ2n) is 5.01. The van der Waals surface area contributed by atoms with Crippen LogP contribution in [0.1, 0.15) is 37.7 Å². The first kappa shape index (κ1) is 14.3. The van der Waals surface area contributed by atoms with E-state index in [9.17, 15) is 10.1 Å². The molecule has 2 N–H and O–H groups in total. The second-order valence-corrected chi connectivity index (χ2v) is 5.01. The van der Waals surface area contributed by atoms with E-state index in [1.165, 1.54) is 12.1 Å². The fraction of sp³-hybridized carbons (Fsp3) is 0.500. The maximum absolute atomic E-state index is 10.9. The van der Waals surface area contributed by atoms with E-state index in [0.717, 1.165) is 32.1 Å². The van der Waals surface area contributed by atoms with Crippen LogP contribution in [0.4, 0.5) is 5.69 Å². The Kier molecular flexibility index (Phi) is 4.53. The molecule has 0 amide bonds. The van der Waals surface area contributed by atoms with Crippen molar-refractivity contribution in [1.29, 1.82) is 5.26 Å². The van der Waals surface area contributed by atoms with Crippen LogP contribution in [0.2, 0.25) is 0 Å². The molecule has 0 spiro atoms. The Morgan fingerprint density at radius 3 is 2.80 bits per heavy atom. The first-order valence-corrected chi connectivity index (χ1v) is 6.72. The minimum Gasteiger partial charge on any atom is -0.489 e. The lowest BCUT2D eigenvalue weighted by Crippen LogP contribution is -2.37. The van der Waals surface area contributed by atoms with Crippen molar-refractivity contribution in [3.63, 3.8) is 0 Å². The second kappa shape index (κ2) is 6.35. The molecule has 6 nitrogen and oxygen atoms in total. The lowest BCUT2D eigenvalue weighted by molar-refractivity contribution is -0.385. The Balaban J connectivity index is 2.19. The van der Waals surface area contributed by atoms with Crippen LogP contribution in [0.15, 0.2) is 18.2 Å². The molecule has 1 aromatic carbocycles. The van der Waals surface area contributed by atoms with Crippen molar-refractivity contribution >= 4 is 5.69 Å². The average molecular weight is 275 g/mol. The lowest BCUT2D eigenvalue weighted by Gasteiger charge is -2.22. The van der Waals surface area contributed by atoms with Gasteiger partial charge in [0.2, 0.25) is 0 Å². The molecular formula is C14H17N3O3. The predicted octanol–water partition coefficient (Wildman–Crippen LogP) is 2.51. The minimum atomic E-state index is -0.571. The maximum atomic E-state index is 10.9. The van der Waals surface area contributed by atoms with Crippen LogP contribution >= 0.6 is 0 Å². The van der Waals surface area contributed by atoms with E-state index in [2.05, 4.69) is 0 Å². The molecule has 0 radical (unpaired) electrons. The zero-order valence-corrected chi connectivity index (χ0v) is 11.1. The summed E-state index contributed by atoms with van der Waals surface area (Å²) in [6.07, 6.45) is 4.93. The van der Waals surface area contributed by atoms with Crippen LogP contribution < -0.4 is 10.5 Å². The van der Waals surface area contributed by atoms with Crippen molar-refractivity contribution in [2.24, 2.45) is 5.73 Å². The number of hydrogen-bond donors (Lipinski definition) is 1. The zero-order chi connectivity index (χ0) is 14.5. The van der Waals surface area contributed by atoms with Gasteiger partial charge in [0.1, 0.15) is 23.5 Å². The third-order valence-electron chi connectivity index (χ3n) is 3.58. The Morgan fingerprint density at radius 1 is 1.35 bits per heavy atom.